The minimum absolute atomic E-state index is 0.897. The monoisotopic (exact) mass is 635 g/mol. The summed E-state index contributed by atoms with van der Waals surface area (Å²) in [7, 11) is 0. The molecule has 0 aliphatic carbocycles. The Bertz CT molecular complexity index is 3000. The fourth-order valence-electron chi connectivity index (χ4n) is 8.24. The summed E-state index contributed by atoms with van der Waals surface area (Å²) in [5.41, 5.74) is 10.7. The highest BCUT2D eigenvalue weighted by Crippen LogP contribution is 2.48. The molecule has 0 spiro atoms. The summed E-state index contributed by atoms with van der Waals surface area (Å²) in [5, 5.41) is 9.92. The summed E-state index contributed by atoms with van der Waals surface area (Å²) in [4.78, 5) is 0. The summed E-state index contributed by atoms with van der Waals surface area (Å²) >= 11 is 0. The Morgan fingerprint density at radius 2 is 1.02 bits per heavy atom. The molecule has 0 saturated heterocycles. The SMILES string of the molecule is c1ccc(-c2ccc3c(c2)-c2cccc4cccc(c24)O3)c(-c2ccc(-n3c4cc5ccccc5cc4c4ccc5ccccc5c43)cc2)c1. The van der Waals surface area contributed by atoms with E-state index in [0.717, 1.165) is 22.7 Å². The number of rotatable bonds is 3. The predicted octanol–water partition coefficient (Wildman–Crippen LogP) is 13.3. The standard InChI is InChI=1S/C48H29NO/c1-2-11-34-29-44-42(27-33(34)10-1)41-25-21-30-9-3-4-16-39(30)48(41)49(44)36-23-19-31(20-24-36)37-14-5-6-15-38(37)35-22-26-45-43(28-35)40-17-7-12-32-13-8-18-46(50-45)47(32)40/h1-29H. The molecule has 0 atom stereocenters. The Labute approximate surface area is 289 Å². The minimum atomic E-state index is 0.897. The van der Waals surface area contributed by atoms with E-state index in [2.05, 4.69) is 180 Å². The molecule has 0 bridgehead atoms. The summed E-state index contributed by atoms with van der Waals surface area (Å²) in [6, 6.07) is 63.9. The van der Waals surface area contributed by atoms with Crippen molar-refractivity contribution in [3.63, 3.8) is 0 Å². The van der Waals surface area contributed by atoms with Crippen LogP contribution in [-0.4, -0.2) is 4.57 Å². The van der Waals surface area contributed by atoms with Gasteiger partial charge in [0.1, 0.15) is 11.5 Å². The van der Waals surface area contributed by atoms with E-state index in [1.807, 2.05) is 0 Å². The van der Waals surface area contributed by atoms with Gasteiger partial charge in [-0.15, -0.1) is 0 Å². The van der Waals surface area contributed by atoms with E-state index >= 15 is 0 Å². The first-order valence-electron chi connectivity index (χ1n) is 17.2. The molecule has 1 aliphatic rings. The van der Waals surface area contributed by atoms with Crippen LogP contribution in [0.2, 0.25) is 0 Å². The lowest BCUT2D eigenvalue weighted by molar-refractivity contribution is 0.487. The van der Waals surface area contributed by atoms with Crippen LogP contribution >= 0.6 is 0 Å². The first kappa shape index (κ1) is 27.3. The highest BCUT2D eigenvalue weighted by molar-refractivity contribution is 6.20. The second-order valence-corrected chi connectivity index (χ2v) is 13.3. The fraction of sp³-hybridized carbons (Fsp3) is 0. The number of nitrogens with zero attached hydrogens (tertiary/aromatic N) is 1. The van der Waals surface area contributed by atoms with Crippen molar-refractivity contribution in [2.75, 3.05) is 0 Å². The maximum absolute atomic E-state index is 6.41. The lowest BCUT2D eigenvalue weighted by Crippen LogP contribution is -1.97. The van der Waals surface area contributed by atoms with Gasteiger partial charge < -0.3 is 9.30 Å². The van der Waals surface area contributed by atoms with Gasteiger partial charge in [0, 0.05) is 32.8 Å². The van der Waals surface area contributed by atoms with Gasteiger partial charge in [-0.25, -0.2) is 0 Å². The maximum atomic E-state index is 6.41. The largest absolute Gasteiger partial charge is 0.456 e. The Balaban J connectivity index is 1.07. The highest BCUT2D eigenvalue weighted by Gasteiger charge is 2.21. The topological polar surface area (TPSA) is 14.2 Å². The number of fused-ring (bicyclic) bond motifs is 8. The van der Waals surface area contributed by atoms with Gasteiger partial charge in [-0.2, -0.15) is 0 Å². The molecule has 1 aromatic heterocycles. The molecule has 2 nitrogen and oxygen atoms in total. The second kappa shape index (κ2) is 10.4. The molecule has 2 heterocycles. The number of benzene rings is 9. The van der Waals surface area contributed by atoms with Crippen molar-refractivity contribution < 1.29 is 4.74 Å². The summed E-state index contributed by atoms with van der Waals surface area (Å²) in [5.74, 6) is 1.82. The van der Waals surface area contributed by atoms with Gasteiger partial charge in [0.2, 0.25) is 0 Å². The van der Waals surface area contributed by atoms with Crippen molar-refractivity contribution >= 4 is 54.1 Å². The minimum Gasteiger partial charge on any atom is -0.456 e. The smallest absolute Gasteiger partial charge is 0.135 e. The van der Waals surface area contributed by atoms with Gasteiger partial charge in [0.25, 0.3) is 0 Å². The van der Waals surface area contributed by atoms with Crippen molar-refractivity contribution in [3.05, 3.63) is 176 Å². The molecule has 232 valence electrons. The second-order valence-electron chi connectivity index (χ2n) is 13.3. The molecule has 0 radical (unpaired) electrons. The highest BCUT2D eigenvalue weighted by atomic mass is 16.5. The molecule has 0 N–H and O–H groups in total. The molecule has 0 saturated carbocycles. The van der Waals surface area contributed by atoms with Crippen LogP contribution in [0.5, 0.6) is 11.5 Å². The molecule has 0 unspecified atom stereocenters. The van der Waals surface area contributed by atoms with Crippen LogP contribution < -0.4 is 4.74 Å². The van der Waals surface area contributed by atoms with Gasteiger partial charge in [-0.05, 0) is 91.8 Å². The van der Waals surface area contributed by atoms with Crippen molar-refractivity contribution in [2.24, 2.45) is 0 Å². The zero-order valence-corrected chi connectivity index (χ0v) is 27.1. The van der Waals surface area contributed by atoms with Gasteiger partial charge in [0.15, 0.2) is 0 Å². The van der Waals surface area contributed by atoms with Crippen LogP contribution in [0.1, 0.15) is 0 Å². The van der Waals surface area contributed by atoms with Gasteiger partial charge in [0.05, 0.1) is 11.0 Å². The summed E-state index contributed by atoms with van der Waals surface area (Å²) < 4.78 is 8.87. The van der Waals surface area contributed by atoms with Crippen molar-refractivity contribution in [1.82, 2.24) is 4.57 Å². The molecule has 0 amide bonds. The Kier molecular flexibility index (Phi) is 5.70. The van der Waals surface area contributed by atoms with Crippen LogP contribution in [0.15, 0.2) is 176 Å². The average molecular weight is 636 g/mol. The third-order valence-corrected chi connectivity index (χ3v) is 10.5. The van der Waals surface area contributed by atoms with E-state index in [1.165, 1.54) is 81.9 Å². The van der Waals surface area contributed by atoms with Crippen LogP contribution in [0, 0.1) is 0 Å². The Morgan fingerprint density at radius 3 is 1.86 bits per heavy atom. The third-order valence-electron chi connectivity index (χ3n) is 10.5. The molecule has 11 rings (SSSR count). The van der Waals surface area contributed by atoms with Crippen LogP contribution in [-0.2, 0) is 0 Å². The summed E-state index contributed by atoms with van der Waals surface area (Å²) in [6.07, 6.45) is 0. The molecule has 9 aromatic carbocycles. The van der Waals surface area contributed by atoms with E-state index in [1.54, 1.807) is 0 Å². The quantitative estimate of drug-likeness (QED) is 0.188. The van der Waals surface area contributed by atoms with Crippen LogP contribution in [0.4, 0.5) is 0 Å². The summed E-state index contributed by atoms with van der Waals surface area (Å²) in [6.45, 7) is 0. The maximum Gasteiger partial charge on any atom is 0.135 e. The zero-order chi connectivity index (χ0) is 32.8. The molecule has 10 aromatic rings. The normalized spacial score (nSPS) is 12.2. The molecular formula is C48H29NO. The number of hydrogen-bond donors (Lipinski definition) is 0. The lowest BCUT2D eigenvalue weighted by atomic mass is 9.90. The van der Waals surface area contributed by atoms with E-state index < -0.39 is 0 Å². The molecule has 1 aliphatic heterocycles. The lowest BCUT2D eigenvalue weighted by Gasteiger charge is -2.22. The van der Waals surface area contributed by atoms with Gasteiger partial charge in [-0.3, -0.25) is 0 Å². The fourth-order valence-corrected chi connectivity index (χ4v) is 8.24. The zero-order valence-electron chi connectivity index (χ0n) is 27.1. The average Bonchev–Trinajstić information content (AvgIpc) is 3.51. The Morgan fingerprint density at radius 1 is 0.360 bits per heavy atom. The third kappa shape index (κ3) is 3.96. The first-order chi connectivity index (χ1) is 24.8. The van der Waals surface area contributed by atoms with Crippen LogP contribution in [0.3, 0.4) is 0 Å². The number of aromatic nitrogens is 1. The van der Waals surface area contributed by atoms with E-state index in [-0.39, 0.29) is 0 Å². The first-order valence-corrected chi connectivity index (χ1v) is 17.2. The van der Waals surface area contributed by atoms with Crippen molar-refractivity contribution in [1.29, 1.82) is 0 Å². The Hall–Kier alpha value is -6.64. The van der Waals surface area contributed by atoms with Crippen molar-refractivity contribution in [3.8, 4) is 50.6 Å². The van der Waals surface area contributed by atoms with Gasteiger partial charge >= 0.3 is 0 Å². The van der Waals surface area contributed by atoms with Gasteiger partial charge in [-0.1, -0.05) is 133 Å². The number of hydrogen-bond acceptors (Lipinski definition) is 1. The van der Waals surface area contributed by atoms with E-state index in [9.17, 15) is 0 Å². The van der Waals surface area contributed by atoms with E-state index in [4.69, 9.17) is 4.74 Å². The number of ether oxygens (including phenoxy) is 1. The molecule has 0 fully saturated rings. The van der Waals surface area contributed by atoms with E-state index in [0.29, 0.717) is 0 Å². The molecular weight excluding hydrogens is 607 g/mol. The predicted molar refractivity (Wildman–Crippen MR) is 210 cm³/mol. The molecule has 50 heavy (non-hydrogen) atoms. The molecule has 2 heteroatoms. The van der Waals surface area contributed by atoms with Crippen LogP contribution in [0.25, 0.3) is 93.2 Å². The van der Waals surface area contributed by atoms with Crippen molar-refractivity contribution in [2.45, 2.75) is 0 Å².